The number of hydrogen-bond donors (Lipinski definition) is 2. The summed E-state index contributed by atoms with van der Waals surface area (Å²) in [6.07, 6.45) is 2.25. The average molecular weight is 310 g/mol. The Kier molecular flexibility index (Phi) is 4.98. The summed E-state index contributed by atoms with van der Waals surface area (Å²) in [6.45, 7) is 4.52. The first-order valence-corrected chi connectivity index (χ1v) is 7.52. The first-order chi connectivity index (χ1) is 9.58. The van der Waals surface area contributed by atoms with E-state index in [0.717, 1.165) is 21.8 Å². The van der Waals surface area contributed by atoms with Crippen LogP contribution in [0.25, 0.3) is 0 Å². The molecule has 1 heterocycles. The van der Waals surface area contributed by atoms with Crippen molar-refractivity contribution in [1.82, 2.24) is 4.98 Å². The van der Waals surface area contributed by atoms with Crippen molar-refractivity contribution in [2.24, 2.45) is 0 Å². The molecule has 0 aliphatic heterocycles. The van der Waals surface area contributed by atoms with Gasteiger partial charge in [0.15, 0.2) is 4.47 Å². The van der Waals surface area contributed by atoms with Crippen molar-refractivity contribution in [3.05, 3.63) is 39.3 Å². The first kappa shape index (κ1) is 14.8. The number of hydrogen-bond acceptors (Lipinski definition) is 4. The Morgan fingerprint density at radius 2 is 2.25 bits per heavy atom. The highest BCUT2D eigenvalue weighted by atomic mass is 35.5. The Bertz CT molecular complexity index is 612. The molecule has 1 aromatic heterocycles. The largest absolute Gasteiger partial charge is 0.380 e. The van der Waals surface area contributed by atoms with Crippen molar-refractivity contribution in [2.75, 3.05) is 10.6 Å². The number of nitrogens with one attached hydrogen (secondary N) is 2. The van der Waals surface area contributed by atoms with E-state index in [1.807, 2.05) is 32.0 Å². The third-order valence-electron chi connectivity index (χ3n) is 2.81. The van der Waals surface area contributed by atoms with E-state index in [9.17, 15) is 4.79 Å². The molecule has 2 aromatic rings. The Hall–Kier alpha value is -1.59. The molecular formula is C14H16ClN3OS. The van der Waals surface area contributed by atoms with Crippen LogP contribution in [-0.4, -0.2) is 10.9 Å². The molecule has 0 atom stereocenters. The molecule has 1 aromatic carbocycles. The predicted octanol–water partition coefficient (Wildman–Crippen LogP) is 4.07. The van der Waals surface area contributed by atoms with Crippen LogP contribution in [0.2, 0.25) is 4.47 Å². The molecule has 0 aliphatic rings. The second-order valence-electron chi connectivity index (χ2n) is 4.36. The van der Waals surface area contributed by atoms with E-state index >= 15 is 0 Å². The summed E-state index contributed by atoms with van der Waals surface area (Å²) in [5, 5.41) is 6.18. The van der Waals surface area contributed by atoms with Crippen molar-refractivity contribution >= 4 is 40.2 Å². The molecule has 0 saturated carbocycles. The monoisotopic (exact) mass is 309 g/mol. The third kappa shape index (κ3) is 3.95. The van der Waals surface area contributed by atoms with Gasteiger partial charge in [-0.05, 0) is 30.7 Å². The zero-order valence-electron chi connectivity index (χ0n) is 11.4. The average Bonchev–Trinajstić information content (AvgIpc) is 2.83. The van der Waals surface area contributed by atoms with E-state index in [1.165, 1.54) is 11.3 Å². The lowest BCUT2D eigenvalue weighted by Gasteiger charge is -2.11. The molecule has 0 saturated heterocycles. The van der Waals surface area contributed by atoms with E-state index in [-0.39, 0.29) is 5.91 Å². The quantitative estimate of drug-likeness (QED) is 0.875. The van der Waals surface area contributed by atoms with Crippen LogP contribution in [0.4, 0.5) is 11.4 Å². The number of carbonyl (C=O) groups excluding carboxylic acids is 1. The summed E-state index contributed by atoms with van der Waals surface area (Å²) in [4.78, 5) is 16.4. The van der Waals surface area contributed by atoms with Crippen LogP contribution in [0.1, 0.15) is 23.8 Å². The van der Waals surface area contributed by atoms with Crippen LogP contribution >= 0.6 is 22.9 Å². The summed E-state index contributed by atoms with van der Waals surface area (Å²) in [5.74, 6) is 0.0180. The minimum Gasteiger partial charge on any atom is -0.380 e. The normalized spacial score (nSPS) is 10.3. The number of rotatable bonds is 5. The lowest BCUT2D eigenvalue weighted by Crippen LogP contribution is -2.09. The SMILES string of the molecule is CCC(=O)Nc1ccc(NCc2cnc(Cl)s2)c(C)c1. The predicted molar refractivity (Wildman–Crippen MR) is 84.6 cm³/mol. The molecule has 0 fully saturated rings. The fourth-order valence-corrected chi connectivity index (χ4v) is 2.65. The van der Waals surface area contributed by atoms with Gasteiger partial charge in [0.05, 0.1) is 6.54 Å². The van der Waals surface area contributed by atoms with Gasteiger partial charge in [0.2, 0.25) is 5.91 Å². The number of anilines is 2. The van der Waals surface area contributed by atoms with Gasteiger partial charge in [0.25, 0.3) is 0 Å². The first-order valence-electron chi connectivity index (χ1n) is 6.33. The van der Waals surface area contributed by atoms with Gasteiger partial charge in [-0.3, -0.25) is 4.79 Å². The van der Waals surface area contributed by atoms with Crippen molar-refractivity contribution in [1.29, 1.82) is 0 Å². The standard InChI is InChI=1S/C14H16ClN3OS/c1-3-13(19)18-10-4-5-12(9(2)6-10)16-7-11-8-17-14(15)20-11/h4-6,8,16H,3,7H2,1-2H3,(H,18,19). The van der Waals surface area contributed by atoms with E-state index in [2.05, 4.69) is 15.6 Å². The van der Waals surface area contributed by atoms with Crippen molar-refractivity contribution < 1.29 is 4.79 Å². The lowest BCUT2D eigenvalue weighted by atomic mass is 10.1. The maximum absolute atomic E-state index is 11.3. The second kappa shape index (κ2) is 6.72. The molecular weight excluding hydrogens is 294 g/mol. The van der Waals surface area contributed by atoms with Crippen LogP contribution < -0.4 is 10.6 Å². The maximum Gasteiger partial charge on any atom is 0.224 e. The Labute approximate surface area is 127 Å². The molecule has 0 bridgehead atoms. The van der Waals surface area contributed by atoms with E-state index in [0.29, 0.717) is 17.4 Å². The number of aromatic nitrogens is 1. The van der Waals surface area contributed by atoms with Crippen molar-refractivity contribution in [3.8, 4) is 0 Å². The Balaban J connectivity index is 2.00. The number of aryl methyl sites for hydroxylation is 1. The number of amides is 1. The Morgan fingerprint density at radius 1 is 1.45 bits per heavy atom. The van der Waals surface area contributed by atoms with E-state index in [4.69, 9.17) is 11.6 Å². The summed E-state index contributed by atoms with van der Waals surface area (Å²) in [6, 6.07) is 5.81. The zero-order chi connectivity index (χ0) is 14.5. The molecule has 20 heavy (non-hydrogen) atoms. The van der Waals surface area contributed by atoms with Gasteiger partial charge in [-0.2, -0.15) is 0 Å². The molecule has 4 nitrogen and oxygen atoms in total. The number of benzene rings is 1. The minimum absolute atomic E-state index is 0.0180. The molecule has 0 spiro atoms. The molecule has 0 aliphatic carbocycles. The molecule has 2 rings (SSSR count). The van der Waals surface area contributed by atoms with Gasteiger partial charge in [-0.1, -0.05) is 18.5 Å². The highest BCUT2D eigenvalue weighted by molar-refractivity contribution is 7.15. The third-order valence-corrected chi connectivity index (χ3v) is 3.92. The smallest absolute Gasteiger partial charge is 0.224 e. The van der Waals surface area contributed by atoms with Gasteiger partial charge >= 0.3 is 0 Å². The van der Waals surface area contributed by atoms with Crippen LogP contribution in [0.15, 0.2) is 24.4 Å². The molecule has 6 heteroatoms. The maximum atomic E-state index is 11.3. The van der Waals surface area contributed by atoms with E-state index < -0.39 is 0 Å². The molecule has 2 N–H and O–H groups in total. The fourth-order valence-electron chi connectivity index (χ4n) is 1.74. The van der Waals surface area contributed by atoms with Gasteiger partial charge < -0.3 is 10.6 Å². The van der Waals surface area contributed by atoms with Crippen LogP contribution in [-0.2, 0) is 11.3 Å². The zero-order valence-corrected chi connectivity index (χ0v) is 12.9. The van der Waals surface area contributed by atoms with Gasteiger partial charge in [-0.15, -0.1) is 11.3 Å². The fraction of sp³-hybridized carbons (Fsp3) is 0.286. The lowest BCUT2D eigenvalue weighted by molar-refractivity contribution is -0.115. The summed E-state index contributed by atoms with van der Waals surface area (Å²) in [5.41, 5.74) is 2.93. The second-order valence-corrected chi connectivity index (χ2v) is 6.06. The van der Waals surface area contributed by atoms with Gasteiger partial charge in [0, 0.05) is 28.9 Å². The number of thiazole rings is 1. The molecule has 106 valence electrons. The van der Waals surface area contributed by atoms with Gasteiger partial charge in [-0.25, -0.2) is 4.98 Å². The summed E-state index contributed by atoms with van der Waals surface area (Å²) < 4.78 is 0.552. The van der Waals surface area contributed by atoms with Crippen molar-refractivity contribution in [3.63, 3.8) is 0 Å². The molecule has 1 amide bonds. The molecule has 0 unspecified atom stereocenters. The van der Waals surface area contributed by atoms with E-state index in [1.54, 1.807) is 6.20 Å². The summed E-state index contributed by atoms with van der Waals surface area (Å²) >= 11 is 7.26. The molecule has 0 radical (unpaired) electrons. The Morgan fingerprint density at radius 3 is 2.85 bits per heavy atom. The van der Waals surface area contributed by atoms with Crippen molar-refractivity contribution in [2.45, 2.75) is 26.8 Å². The van der Waals surface area contributed by atoms with Crippen LogP contribution in [0.3, 0.4) is 0 Å². The number of nitrogens with zero attached hydrogens (tertiary/aromatic N) is 1. The summed E-state index contributed by atoms with van der Waals surface area (Å²) in [7, 11) is 0. The minimum atomic E-state index is 0.0180. The number of carbonyl (C=O) groups is 1. The number of halogens is 1. The van der Waals surface area contributed by atoms with Crippen LogP contribution in [0, 0.1) is 6.92 Å². The topological polar surface area (TPSA) is 54.0 Å². The highest BCUT2D eigenvalue weighted by Crippen LogP contribution is 2.22. The highest BCUT2D eigenvalue weighted by Gasteiger charge is 2.04. The van der Waals surface area contributed by atoms with Gasteiger partial charge in [0.1, 0.15) is 0 Å². The van der Waals surface area contributed by atoms with Crippen LogP contribution in [0.5, 0.6) is 0 Å².